The van der Waals surface area contributed by atoms with Crippen molar-refractivity contribution >= 4 is 11.8 Å². The van der Waals surface area contributed by atoms with E-state index in [-0.39, 0.29) is 11.8 Å². The molecule has 0 aliphatic carbocycles. The fourth-order valence-corrected chi connectivity index (χ4v) is 14.0. The van der Waals surface area contributed by atoms with Gasteiger partial charge in [-0.1, -0.05) is 464 Å². The van der Waals surface area contributed by atoms with Crippen molar-refractivity contribution in [1.82, 2.24) is 10.6 Å². The lowest BCUT2D eigenvalue weighted by Crippen LogP contribution is -2.26. The van der Waals surface area contributed by atoms with E-state index < -0.39 is 0 Å². The number of amides is 2. The zero-order chi connectivity index (χ0) is 65.2. The summed E-state index contributed by atoms with van der Waals surface area (Å²) in [6, 6.07) is 5.45. The van der Waals surface area contributed by atoms with Gasteiger partial charge in [0.15, 0.2) is 0 Å². The SMILES string of the molecule is CCCCCCCCCCCCCCCCCCCCCCCCCCCCCCNC(=O)c1ccc(C(=O)NCCCCCCCCCCCCCCCCCCCCCCCCCCCCCC)c(OCCCCCCCCCCCCCCCCCC)c1. The number of benzene rings is 1. The number of carbonyl (C=O) groups is 2. The molecule has 0 spiro atoms. The summed E-state index contributed by atoms with van der Waals surface area (Å²) < 4.78 is 6.36. The second-order valence-corrected chi connectivity index (χ2v) is 29.5. The molecule has 5 heteroatoms. The van der Waals surface area contributed by atoms with Gasteiger partial charge in [-0.3, -0.25) is 9.59 Å². The van der Waals surface area contributed by atoms with Crippen molar-refractivity contribution in [3.05, 3.63) is 29.3 Å². The van der Waals surface area contributed by atoms with Crippen molar-refractivity contribution < 1.29 is 14.3 Å². The van der Waals surface area contributed by atoms with Gasteiger partial charge >= 0.3 is 0 Å². The largest absolute Gasteiger partial charge is 0.493 e. The van der Waals surface area contributed by atoms with Gasteiger partial charge in [-0.25, -0.2) is 0 Å². The second-order valence-electron chi connectivity index (χ2n) is 29.5. The van der Waals surface area contributed by atoms with Crippen molar-refractivity contribution in [2.45, 2.75) is 483 Å². The lowest BCUT2D eigenvalue weighted by atomic mass is 10.0. The molecule has 0 aliphatic rings. The molecule has 1 aromatic rings. The highest BCUT2D eigenvalue weighted by atomic mass is 16.5. The number of hydrogen-bond donors (Lipinski definition) is 2. The Labute approximate surface area is 571 Å². The number of rotatable bonds is 78. The maximum Gasteiger partial charge on any atom is 0.255 e. The van der Waals surface area contributed by atoms with Crippen LogP contribution in [0.5, 0.6) is 5.75 Å². The van der Waals surface area contributed by atoms with Crippen molar-refractivity contribution in [2.24, 2.45) is 0 Å². The first-order valence-electron chi connectivity index (χ1n) is 42.5. The summed E-state index contributed by atoms with van der Waals surface area (Å²) >= 11 is 0. The fourth-order valence-electron chi connectivity index (χ4n) is 14.0. The molecule has 0 aromatic heterocycles. The highest BCUT2D eigenvalue weighted by molar-refractivity contribution is 6.00. The van der Waals surface area contributed by atoms with E-state index in [1.807, 2.05) is 18.2 Å². The third-order valence-electron chi connectivity index (χ3n) is 20.4. The lowest BCUT2D eigenvalue weighted by molar-refractivity contribution is 0.0937. The number of hydrogen-bond acceptors (Lipinski definition) is 3. The van der Waals surface area contributed by atoms with Gasteiger partial charge in [-0.05, 0) is 37.5 Å². The first-order valence-corrected chi connectivity index (χ1v) is 42.5. The van der Waals surface area contributed by atoms with Crippen LogP contribution >= 0.6 is 0 Å². The van der Waals surface area contributed by atoms with Gasteiger partial charge in [0, 0.05) is 18.7 Å². The molecule has 5 nitrogen and oxygen atoms in total. The van der Waals surface area contributed by atoms with Crippen LogP contribution in [0.2, 0.25) is 0 Å². The average molecular weight is 1270 g/mol. The maximum absolute atomic E-state index is 13.6. The molecule has 0 saturated heterocycles. The van der Waals surface area contributed by atoms with Crippen molar-refractivity contribution in [2.75, 3.05) is 19.7 Å². The van der Waals surface area contributed by atoms with E-state index in [4.69, 9.17) is 4.74 Å². The Morgan fingerprint density at radius 3 is 0.648 bits per heavy atom. The highest BCUT2D eigenvalue weighted by Crippen LogP contribution is 2.24. The quantitative estimate of drug-likeness (QED) is 0.0639. The van der Waals surface area contributed by atoms with Gasteiger partial charge in [-0.15, -0.1) is 0 Å². The van der Waals surface area contributed by atoms with Gasteiger partial charge in [-0.2, -0.15) is 0 Å². The molecule has 1 rings (SSSR count). The summed E-state index contributed by atoms with van der Waals surface area (Å²) in [5, 5.41) is 6.37. The summed E-state index contributed by atoms with van der Waals surface area (Å²) in [5.41, 5.74) is 1.13. The molecule has 536 valence electrons. The van der Waals surface area contributed by atoms with Crippen LogP contribution in [0.3, 0.4) is 0 Å². The third kappa shape index (κ3) is 65.0. The Hall–Kier alpha value is -2.04. The van der Waals surface area contributed by atoms with Crippen LogP contribution in [0, 0.1) is 0 Å². The van der Waals surface area contributed by atoms with Crippen LogP contribution in [-0.2, 0) is 0 Å². The Kier molecular flexibility index (Phi) is 72.0. The molecular weight excluding hydrogens is 1110 g/mol. The van der Waals surface area contributed by atoms with Crippen LogP contribution in [0.15, 0.2) is 18.2 Å². The van der Waals surface area contributed by atoms with Crippen molar-refractivity contribution in [3.8, 4) is 5.75 Å². The summed E-state index contributed by atoms with van der Waals surface area (Å²) in [5.74, 6) is 0.391. The van der Waals surface area contributed by atoms with Crippen molar-refractivity contribution in [3.63, 3.8) is 0 Å². The minimum Gasteiger partial charge on any atom is -0.493 e. The van der Waals surface area contributed by atoms with Crippen LogP contribution in [0.1, 0.15) is 504 Å². The third-order valence-corrected chi connectivity index (χ3v) is 20.4. The lowest BCUT2D eigenvalue weighted by Gasteiger charge is -2.14. The van der Waals surface area contributed by atoms with Crippen LogP contribution < -0.4 is 15.4 Å². The first kappa shape index (κ1) is 87.0. The molecule has 2 amide bonds. The highest BCUT2D eigenvalue weighted by Gasteiger charge is 2.16. The van der Waals surface area contributed by atoms with Gasteiger partial charge in [0.05, 0.1) is 12.2 Å². The van der Waals surface area contributed by atoms with E-state index >= 15 is 0 Å². The van der Waals surface area contributed by atoms with Crippen LogP contribution in [0.4, 0.5) is 0 Å². The predicted molar refractivity (Wildman–Crippen MR) is 406 cm³/mol. The number of carbonyl (C=O) groups excluding carboxylic acids is 2. The van der Waals surface area contributed by atoms with Crippen LogP contribution in [0.25, 0.3) is 0 Å². The Morgan fingerprint density at radius 1 is 0.242 bits per heavy atom. The zero-order valence-corrected chi connectivity index (χ0v) is 62.5. The van der Waals surface area contributed by atoms with Gasteiger partial charge in [0.25, 0.3) is 11.8 Å². The average Bonchev–Trinajstić information content (AvgIpc) is 3.76. The summed E-state index contributed by atoms with van der Waals surface area (Å²) in [4.78, 5) is 27.0. The number of nitrogens with one attached hydrogen (secondary N) is 2. The fraction of sp³-hybridized carbons (Fsp3) is 0.907. The molecule has 0 bridgehead atoms. The molecule has 0 atom stereocenters. The molecule has 2 N–H and O–H groups in total. The molecule has 0 heterocycles. The molecule has 0 radical (unpaired) electrons. The predicted octanol–water partition coefficient (Wildman–Crippen LogP) is 29.7. The smallest absolute Gasteiger partial charge is 0.255 e. The first-order chi connectivity index (χ1) is 45.1. The molecule has 91 heavy (non-hydrogen) atoms. The summed E-state index contributed by atoms with van der Waals surface area (Å²) in [7, 11) is 0. The molecular formula is C86H164N2O3. The molecule has 0 unspecified atom stereocenters. The Balaban J connectivity index is 2.22. The molecule has 1 aromatic carbocycles. The molecule has 0 saturated carbocycles. The normalized spacial score (nSPS) is 11.5. The maximum atomic E-state index is 13.6. The standard InChI is InChI=1S/C86H164N2O3/c1-4-7-10-13-16-19-22-25-28-31-33-35-37-39-41-43-45-47-49-51-53-55-58-61-64-67-70-73-78-87-85(89)82-76-77-83(84(81-82)91-80-75-72-69-66-63-60-57-30-27-24-21-18-15-12-9-6-3)86(90)88-79-74-71-68-65-62-59-56-54-52-50-48-46-44-42-40-38-36-34-32-29-26-23-20-17-14-11-8-5-2/h76-77,81H,4-75,78-80H2,1-3H3,(H,87,89)(H,88,90). The van der Waals surface area contributed by atoms with Gasteiger partial charge in [0.1, 0.15) is 5.75 Å². The van der Waals surface area contributed by atoms with Crippen LogP contribution in [-0.4, -0.2) is 31.5 Å². The number of ether oxygens (including phenoxy) is 1. The topological polar surface area (TPSA) is 67.4 Å². The molecule has 0 fully saturated rings. The van der Waals surface area contributed by atoms with E-state index in [1.165, 1.54) is 424 Å². The van der Waals surface area contributed by atoms with E-state index in [2.05, 4.69) is 31.4 Å². The van der Waals surface area contributed by atoms with E-state index in [0.717, 1.165) is 38.5 Å². The minimum absolute atomic E-state index is 0.0693. The summed E-state index contributed by atoms with van der Waals surface area (Å²) in [6.07, 6.45) is 99.8. The van der Waals surface area contributed by atoms with Gasteiger partial charge < -0.3 is 15.4 Å². The Morgan fingerprint density at radius 2 is 0.429 bits per heavy atom. The van der Waals surface area contributed by atoms with E-state index in [0.29, 0.717) is 36.6 Å². The van der Waals surface area contributed by atoms with E-state index in [1.54, 1.807) is 0 Å². The van der Waals surface area contributed by atoms with E-state index in [9.17, 15) is 9.59 Å². The molecule has 0 aliphatic heterocycles. The minimum atomic E-state index is -0.0881. The van der Waals surface area contributed by atoms with Gasteiger partial charge in [0.2, 0.25) is 0 Å². The Bertz CT molecular complexity index is 1580. The summed E-state index contributed by atoms with van der Waals surface area (Å²) in [6.45, 7) is 8.85. The second kappa shape index (κ2) is 75.3. The zero-order valence-electron chi connectivity index (χ0n) is 62.5. The van der Waals surface area contributed by atoms with Crippen molar-refractivity contribution in [1.29, 1.82) is 0 Å². The number of unbranched alkanes of at least 4 members (excludes halogenated alkanes) is 69. The monoisotopic (exact) mass is 1270 g/mol.